The molecule has 0 spiro atoms. The minimum atomic E-state index is -0.122. The van der Waals surface area contributed by atoms with Crippen molar-refractivity contribution in [3.05, 3.63) is 36.1 Å². The van der Waals surface area contributed by atoms with E-state index in [9.17, 15) is 4.79 Å². The average molecular weight is 361 g/mol. The molecule has 8 heteroatoms. The number of carbonyl (C=O) groups excluding carboxylic acids is 1. The standard InChI is InChI=1S/C17H23N5O2S/c1-12(2)15-20-16(24-21-15)13-6-5-10-22(13)17(23)19-9-11-25-14-7-3-4-8-18-14/h3-4,7-8,12-13H,5-6,9-11H2,1-2H3,(H,19,23)/t13-/m0/s1. The van der Waals surface area contributed by atoms with Crippen molar-refractivity contribution in [1.82, 2.24) is 25.3 Å². The number of likely N-dealkylation sites (tertiary alicyclic amines) is 1. The zero-order valence-electron chi connectivity index (χ0n) is 14.5. The van der Waals surface area contributed by atoms with Gasteiger partial charge in [-0.3, -0.25) is 0 Å². The lowest BCUT2D eigenvalue weighted by Crippen LogP contribution is -2.40. The predicted octanol–water partition coefficient (Wildman–Crippen LogP) is 3.23. The molecule has 3 heterocycles. The van der Waals surface area contributed by atoms with Crippen molar-refractivity contribution in [2.24, 2.45) is 0 Å². The Morgan fingerprint density at radius 1 is 1.48 bits per heavy atom. The fraction of sp³-hybridized carbons (Fsp3) is 0.529. The van der Waals surface area contributed by atoms with Crippen LogP contribution in [0.1, 0.15) is 50.4 Å². The fourth-order valence-corrected chi connectivity index (χ4v) is 3.45. The van der Waals surface area contributed by atoms with Crippen LogP contribution in [0.25, 0.3) is 0 Å². The lowest BCUT2D eigenvalue weighted by atomic mass is 10.2. The first-order valence-corrected chi connectivity index (χ1v) is 9.55. The molecule has 134 valence electrons. The van der Waals surface area contributed by atoms with E-state index in [2.05, 4.69) is 20.4 Å². The Bertz CT molecular complexity index is 691. The number of carbonyl (C=O) groups is 1. The first-order chi connectivity index (χ1) is 12.1. The van der Waals surface area contributed by atoms with Crippen LogP contribution in [0.5, 0.6) is 0 Å². The number of hydrogen-bond acceptors (Lipinski definition) is 6. The molecular formula is C17H23N5O2S. The van der Waals surface area contributed by atoms with Crippen molar-refractivity contribution >= 4 is 17.8 Å². The van der Waals surface area contributed by atoms with Crippen LogP contribution >= 0.6 is 11.8 Å². The Morgan fingerprint density at radius 2 is 2.36 bits per heavy atom. The maximum absolute atomic E-state index is 12.5. The van der Waals surface area contributed by atoms with Crippen molar-refractivity contribution in [3.8, 4) is 0 Å². The van der Waals surface area contributed by atoms with Crippen molar-refractivity contribution in [2.75, 3.05) is 18.8 Å². The molecule has 25 heavy (non-hydrogen) atoms. The molecule has 2 aromatic rings. The Balaban J connectivity index is 1.50. The van der Waals surface area contributed by atoms with Crippen molar-refractivity contribution < 1.29 is 9.32 Å². The number of pyridine rings is 1. The van der Waals surface area contributed by atoms with Crippen LogP contribution in [0, 0.1) is 0 Å². The molecule has 1 aliphatic rings. The first kappa shape index (κ1) is 17.7. The summed E-state index contributed by atoms with van der Waals surface area (Å²) < 4.78 is 5.38. The zero-order chi connectivity index (χ0) is 17.6. The van der Waals surface area contributed by atoms with Crippen LogP contribution < -0.4 is 5.32 Å². The highest BCUT2D eigenvalue weighted by molar-refractivity contribution is 7.99. The number of amides is 2. The van der Waals surface area contributed by atoms with Gasteiger partial charge in [-0.2, -0.15) is 4.98 Å². The second-order valence-corrected chi connectivity index (χ2v) is 7.36. The lowest BCUT2D eigenvalue weighted by molar-refractivity contribution is 0.181. The number of hydrogen-bond donors (Lipinski definition) is 1. The Morgan fingerprint density at radius 3 is 3.08 bits per heavy atom. The molecule has 1 atom stereocenters. The molecule has 7 nitrogen and oxygen atoms in total. The van der Waals surface area contributed by atoms with Gasteiger partial charge in [0.1, 0.15) is 6.04 Å². The summed E-state index contributed by atoms with van der Waals surface area (Å²) >= 11 is 1.62. The van der Waals surface area contributed by atoms with Gasteiger partial charge < -0.3 is 14.7 Å². The molecule has 1 saturated heterocycles. The highest BCUT2D eigenvalue weighted by Gasteiger charge is 2.34. The van der Waals surface area contributed by atoms with Crippen LogP contribution in [0.15, 0.2) is 33.9 Å². The monoisotopic (exact) mass is 361 g/mol. The predicted molar refractivity (Wildman–Crippen MR) is 95.4 cm³/mol. The van der Waals surface area contributed by atoms with Gasteiger partial charge >= 0.3 is 6.03 Å². The van der Waals surface area contributed by atoms with Crippen molar-refractivity contribution in [2.45, 2.75) is 43.7 Å². The second kappa shape index (κ2) is 8.33. The Labute approximate surface area is 151 Å². The second-order valence-electron chi connectivity index (χ2n) is 6.25. The molecule has 1 N–H and O–H groups in total. The van der Waals surface area contributed by atoms with Crippen LogP contribution in [0.2, 0.25) is 0 Å². The van der Waals surface area contributed by atoms with E-state index in [1.54, 1.807) is 22.9 Å². The fourth-order valence-electron chi connectivity index (χ4n) is 2.73. The zero-order valence-corrected chi connectivity index (χ0v) is 15.3. The molecule has 0 aliphatic carbocycles. The third-order valence-corrected chi connectivity index (χ3v) is 4.98. The molecule has 1 fully saturated rings. The van der Waals surface area contributed by atoms with Crippen molar-refractivity contribution in [1.29, 1.82) is 0 Å². The van der Waals surface area contributed by atoms with Gasteiger partial charge in [0.15, 0.2) is 5.82 Å². The van der Waals surface area contributed by atoms with Crippen LogP contribution in [-0.4, -0.2) is 44.9 Å². The maximum Gasteiger partial charge on any atom is 0.318 e. The van der Waals surface area contributed by atoms with E-state index in [1.165, 1.54) is 0 Å². The minimum absolute atomic E-state index is 0.0755. The number of aromatic nitrogens is 3. The van der Waals surface area contributed by atoms with E-state index in [1.807, 2.05) is 32.0 Å². The summed E-state index contributed by atoms with van der Waals surface area (Å²) in [6.07, 6.45) is 3.57. The summed E-state index contributed by atoms with van der Waals surface area (Å²) in [5, 5.41) is 7.94. The molecule has 0 radical (unpaired) electrons. The lowest BCUT2D eigenvalue weighted by Gasteiger charge is -2.22. The quantitative estimate of drug-likeness (QED) is 0.628. The van der Waals surface area contributed by atoms with Gasteiger partial charge in [0.05, 0.1) is 5.03 Å². The molecule has 0 saturated carbocycles. The molecule has 1 aliphatic heterocycles. The molecule has 0 bridgehead atoms. The minimum Gasteiger partial charge on any atom is -0.337 e. The van der Waals surface area contributed by atoms with Crippen LogP contribution in [0.4, 0.5) is 4.79 Å². The van der Waals surface area contributed by atoms with Gasteiger partial charge in [-0.15, -0.1) is 11.8 Å². The number of rotatable bonds is 6. The Hall–Kier alpha value is -2.09. The van der Waals surface area contributed by atoms with E-state index in [4.69, 9.17) is 4.52 Å². The van der Waals surface area contributed by atoms with E-state index >= 15 is 0 Å². The normalized spacial score (nSPS) is 17.2. The number of urea groups is 1. The third-order valence-electron chi connectivity index (χ3n) is 4.04. The smallest absolute Gasteiger partial charge is 0.318 e. The van der Waals surface area contributed by atoms with Crippen molar-refractivity contribution in [3.63, 3.8) is 0 Å². The van der Waals surface area contributed by atoms with Crippen LogP contribution in [0.3, 0.4) is 0 Å². The van der Waals surface area contributed by atoms with Gasteiger partial charge in [-0.25, -0.2) is 9.78 Å². The summed E-state index contributed by atoms with van der Waals surface area (Å²) in [5.74, 6) is 2.22. The largest absolute Gasteiger partial charge is 0.337 e. The van der Waals surface area contributed by atoms with Gasteiger partial charge in [-0.1, -0.05) is 25.1 Å². The molecule has 2 aromatic heterocycles. The average Bonchev–Trinajstić information content (AvgIpc) is 3.28. The molecule has 2 amide bonds. The maximum atomic E-state index is 12.5. The molecule has 0 aromatic carbocycles. The molecular weight excluding hydrogens is 338 g/mol. The van der Waals surface area contributed by atoms with Gasteiger partial charge in [0.2, 0.25) is 5.89 Å². The molecule has 0 unspecified atom stereocenters. The number of nitrogens with zero attached hydrogens (tertiary/aromatic N) is 4. The summed E-state index contributed by atoms with van der Waals surface area (Å²) in [6.45, 7) is 5.34. The number of thioether (sulfide) groups is 1. The van der Waals surface area contributed by atoms with E-state index in [-0.39, 0.29) is 18.0 Å². The summed E-state index contributed by atoms with van der Waals surface area (Å²) in [4.78, 5) is 23.0. The highest BCUT2D eigenvalue weighted by atomic mass is 32.2. The first-order valence-electron chi connectivity index (χ1n) is 8.57. The topological polar surface area (TPSA) is 84.2 Å². The van der Waals surface area contributed by atoms with Gasteiger partial charge in [0, 0.05) is 31.0 Å². The SMILES string of the molecule is CC(C)c1noc([C@@H]2CCCN2C(=O)NCCSc2ccccn2)n1. The number of nitrogens with one attached hydrogen (secondary N) is 1. The summed E-state index contributed by atoms with van der Waals surface area (Å²) in [5.41, 5.74) is 0. The van der Waals surface area contributed by atoms with Gasteiger partial charge in [-0.05, 0) is 25.0 Å². The third kappa shape index (κ3) is 4.50. The van der Waals surface area contributed by atoms with E-state index < -0.39 is 0 Å². The Kier molecular flexibility index (Phi) is 5.91. The summed E-state index contributed by atoms with van der Waals surface area (Å²) in [7, 11) is 0. The van der Waals surface area contributed by atoms with Gasteiger partial charge in [0.25, 0.3) is 0 Å². The highest BCUT2D eigenvalue weighted by Crippen LogP contribution is 2.31. The van der Waals surface area contributed by atoms with E-state index in [0.29, 0.717) is 24.8 Å². The summed E-state index contributed by atoms with van der Waals surface area (Å²) in [6, 6.07) is 5.61. The van der Waals surface area contributed by atoms with E-state index in [0.717, 1.165) is 23.6 Å². The molecule has 3 rings (SSSR count). The van der Waals surface area contributed by atoms with Crippen LogP contribution in [-0.2, 0) is 0 Å².